The molecule has 5 nitrogen and oxygen atoms in total. The van der Waals surface area contributed by atoms with Gasteiger partial charge in [0.25, 0.3) is 0 Å². The molecule has 0 saturated carbocycles. The smallest absolute Gasteiger partial charge is 0.338 e. The molecule has 2 amide bonds. The highest BCUT2D eigenvalue weighted by Gasteiger charge is 2.14. The van der Waals surface area contributed by atoms with Crippen LogP contribution in [0.25, 0.3) is 0 Å². The van der Waals surface area contributed by atoms with Crippen LogP contribution in [-0.4, -0.2) is 17.1 Å². The molecule has 2 rings (SSSR count). The molecule has 0 aliphatic carbocycles. The molecule has 104 valence electrons. The number of aromatic carboxylic acids is 1. The maximum absolute atomic E-state index is 13.4. The molecular formula is C12H8ClFN2O3S. The van der Waals surface area contributed by atoms with E-state index in [0.29, 0.717) is 0 Å². The van der Waals surface area contributed by atoms with Crippen molar-refractivity contribution in [1.82, 2.24) is 0 Å². The Labute approximate surface area is 122 Å². The van der Waals surface area contributed by atoms with Gasteiger partial charge in [0.15, 0.2) is 0 Å². The van der Waals surface area contributed by atoms with Gasteiger partial charge in [-0.2, -0.15) is 0 Å². The zero-order chi connectivity index (χ0) is 14.7. The van der Waals surface area contributed by atoms with Crippen molar-refractivity contribution in [1.29, 1.82) is 0 Å². The lowest BCUT2D eigenvalue weighted by Gasteiger charge is -2.08. The summed E-state index contributed by atoms with van der Waals surface area (Å²) in [7, 11) is 0. The van der Waals surface area contributed by atoms with Crippen LogP contribution in [0.15, 0.2) is 29.6 Å². The van der Waals surface area contributed by atoms with Crippen LogP contribution in [0.4, 0.5) is 19.9 Å². The number of carboxylic acid groups (broad SMARTS) is 1. The van der Waals surface area contributed by atoms with Crippen molar-refractivity contribution in [3.05, 3.63) is 46.0 Å². The molecule has 0 atom stereocenters. The van der Waals surface area contributed by atoms with Crippen LogP contribution in [0, 0.1) is 5.82 Å². The van der Waals surface area contributed by atoms with E-state index in [9.17, 15) is 14.0 Å². The van der Waals surface area contributed by atoms with E-state index in [1.54, 1.807) is 0 Å². The number of rotatable bonds is 3. The fraction of sp³-hybridized carbons (Fsp3) is 0. The van der Waals surface area contributed by atoms with Crippen molar-refractivity contribution in [2.45, 2.75) is 0 Å². The fourth-order valence-electron chi connectivity index (χ4n) is 1.42. The van der Waals surface area contributed by atoms with Crippen molar-refractivity contribution >= 4 is 45.6 Å². The van der Waals surface area contributed by atoms with Crippen LogP contribution in [0.1, 0.15) is 10.4 Å². The van der Waals surface area contributed by atoms with E-state index in [-0.39, 0.29) is 21.3 Å². The average molecular weight is 315 g/mol. The number of thiophene rings is 1. The van der Waals surface area contributed by atoms with Crippen molar-refractivity contribution in [2.75, 3.05) is 10.6 Å². The normalized spacial score (nSPS) is 10.1. The van der Waals surface area contributed by atoms with E-state index in [4.69, 9.17) is 16.7 Å². The minimum Gasteiger partial charge on any atom is -0.478 e. The molecule has 8 heteroatoms. The second-order valence-electron chi connectivity index (χ2n) is 3.67. The van der Waals surface area contributed by atoms with Gasteiger partial charge in [-0.3, -0.25) is 5.32 Å². The lowest BCUT2D eigenvalue weighted by Crippen LogP contribution is -2.20. The summed E-state index contributed by atoms with van der Waals surface area (Å²) in [5, 5.41) is 15.5. The Hall–Kier alpha value is -2.12. The van der Waals surface area contributed by atoms with Gasteiger partial charge in [-0.05, 0) is 29.6 Å². The molecular weight excluding hydrogens is 307 g/mol. The number of nitrogens with one attached hydrogen (secondary N) is 2. The van der Waals surface area contributed by atoms with Gasteiger partial charge in [-0.25, -0.2) is 14.0 Å². The van der Waals surface area contributed by atoms with Gasteiger partial charge >= 0.3 is 12.0 Å². The molecule has 3 N–H and O–H groups in total. The van der Waals surface area contributed by atoms with Crippen LogP contribution < -0.4 is 10.6 Å². The zero-order valence-electron chi connectivity index (χ0n) is 9.81. The number of hydrogen-bond acceptors (Lipinski definition) is 3. The third-order valence-corrected chi connectivity index (χ3v) is 3.36. The fourth-order valence-corrected chi connectivity index (χ4v) is 2.37. The van der Waals surface area contributed by atoms with Gasteiger partial charge in [-0.15, -0.1) is 11.3 Å². The second-order valence-corrected chi connectivity index (χ2v) is 5.02. The quantitative estimate of drug-likeness (QED) is 0.804. The van der Waals surface area contributed by atoms with Crippen LogP contribution in [0.2, 0.25) is 5.02 Å². The van der Waals surface area contributed by atoms with Gasteiger partial charge in [0.05, 0.1) is 11.3 Å². The molecule has 0 radical (unpaired) electrons. The summed E-state index contributed by atoms with van der Waals surface area (Å²) >= 11 is 6.75. The second kappa shape index (κ2) is 5.89. The molecule has 0 aliphatic rings. The Balaban J connectivity index is 2.11. The van der Waals surface area contributed by atoms with E-state index >= 15 is 0 Å². The van der Waals surface area contributed by atoms with Crippen molar-refractivity contribution in [3.8, 4) is 0 Å². The summed E-state index contributed by atoms with van der Waals surface area (Å²) in [5.41, 5.74) is -0.125. The Morgan fingerprint density at radius 2 is 2.00 bits per heavy atom. The molecule has 1 aromatic heterocycles. The third kappa shape index (κ3) is 3.25. The standard InChI is InChI=1S/C12H8ClFN2O3S/c13-6-1-2-8(14)9(5-6)15-12(19)16-10-7(11(17)18)3-4-20-10/h1-5H,(H,17,18)(H2,15,16,19). The minimum absolute atomic E-state index is 0.0308. The molecule has 0 spiro atoms. The van der Waals surface area contributed by atoms with Gasteiger partial charge < -0.3 is 10.4 Å². The van der Waals surface area contributed by atoms with Crippen LogP contribution in [-0.2, 0) is 0 Å². The Kier molecular flexibility index (Phi) is 4.21. The van der Waals surface area contributed by atoms with Crippen molar-refractivity contribution in [2.24, 2.45) is 0 Å². The zero-order valence-corrected chi connectivity index (χ0v) is 11.4. The number of hydrogen-bond donors (Lipinski definition) is 3. The number of amides is 2. The number of carboxylic acids is 1. The van der Waals surface area contributed by atoms with E-state index in [1.807, 2.05) is 0 Å². The Bertz CT molecular complexity index is 674. The highest BCUT2D eigenvalue weighted by Crippen LogP contribution is 2.24. The number of carbonyl (C=O) groups is 2. The molecule has 20 heavy (non-hydrogen) atoms. The van der Waals surface area contributed by atoms with E-state index in [0.717, 1.165) is 17.4 Å². The third-order valence-electron chi connectivity index (χ3n) is 2.30. The highest BCUT2D eigenvalue weighted by atomic mass is 35.5. The lowest BCUT2D eigenvalue weighted by molar-refractivity contribution is 0.0698. The topological polar surface area (TPSA) is 78.4 Å². The molecule has 1 heterocycles. The highest BCUT2D eigenvalue weighted by molar-refractivity contribution is 7.14. The van der Waals surface area contributed by atoms with Gasteiger partial charge in [0.2, 0.25) is 0 Å². The summed E-state index contributed by atoms with van der Waals surface area (Å²) in [6.07, 6.45) is 0. The number of anilines is 2. The SMILES string of the molecule is O=C(Nc1cc(Cl)ccc1F)Nc1sccc1C(=O)O. The first kappa shape index (κ1) is 14.3. The predicted octanol–water partition coefficient (Wildman–Crippen LogP) is 3.88. The Morgan fingerprint density at radius 3 is 2.70 bits per heavy atom. The van der Waals surface area contributed by atoms with Crippen LogP contribution >= 0.6 is 22.9 Å². The molecule has 0 bridgehead atoms. The van der Waals surface area contributed by atoms with Crippen molar-refractivity contribution in [3.63, 3.8) is 0 Å². The summed E-state index contributed by atoms with van der Waals surface area (Å²) in [6.45, 7) is 0. The molecule has 1 aromatic carbocycles. The number of carbonyl (C=O) groups excluding carboxylic acids is 1. The van der Waals surface area contributed by atoms with Crippen LogP contribution in [0.3, 0.4) is 0 Å². The summed E-state index contributed by atoms with van der Waals surface area (Å²) in [6, 6.07) is 4.33. The van der Waals surface area contributed by atoms with Gasteiger partial charge in [0, 0.05) is 5.02 Å². The van der Waals surface area contributed by atoms with Gasteiger partial charge in [0.1, 0.15) is 10.8 Å². The first-order valence-electron chi connectivity index (χ1n) is 5.31. The summed E-state index contributed by atoms with van der Waals surface area (Å²) in [4.78, 5) is 22.6. The maximum Gasteiger partial charge on any atom is 0.338 e. The molecule has 0 saturated heterocycles. The number of urea groups is 1. The summed E-state index contributed by atoms with van der Waals surface area (Å²) in [5.74, 6) is -1.80. The monoisotopic (exact) mass is 314 g/mol. The largest absolute Gasteiger partial charge is 0.478 e. The first-order valence-corrected chi connectivity index (χ1v) is 6.57. The van der Waals surface area contributed by atoms with E-state index in [2.05, 4.69) is 10.6 Å². The maximum atomic E-state index is 13.4. The van der Waals surface area contributed by atoms with E-state index in [1.165, 1.54) is 23.6 Å². The van der Waals surface area contributed by atoms with Crippen LogP contribution in [0.5, 0.6) is 0 Å². The minimum atomic E-state index is -1.16. The average Bonchev–Trinajstić information content (AvgIpc) is 2.82. The number of halogens is 2. The first-order chi connectivity index (χ1) is 9.47. The number of benzene rings is 1. The molecule has 0 fully saturated rings. The molecule has 0 unspecified atom stereocenters. The molecule has 0 aliphatic heterocycles. The lowest BCUT2D eigenvalue weighted by atomic mass is 10.3. The predicted molar refractivity (Wildman–Crippen MR) is 75.3 cm³/mol. The van der Waals surface area contributed by atoms with Crippen molar-refractivity contribution < 1.29 is 19.1 Å². The van der Waals surface area contributed by atoms with E-state index < -0.39 is 17.8 Å². The summed E-state index contributed by atoms with van der Waals surface area (Å²) < 4.78 is 13.4. The molecule has 2 aromatic rings. The Morgan fingerprint density at radius 1 is 1.25 bits per heavy atom. The van der Waals surface area contributed by atoms with Gasteiger partial charge in [-0.1, -0.05) is 11.6 Å².